The molecule has 0 radical (unpaired) electrons. The number of halogens is 2. The van der Waals surface area contributed by atoms with Gasteiger partial charge in [-0.05, 0) is 66.9 Å². The number of ether oxygens (including phenoxy) is 3. The van der Waals surface area contributed by atoms with Crippen molar-refractivity contribution in [2.45, 2.75) is 53.2 Å². The number of nitrogens with one attached hydrogen (secondary N) is 1. The van der Waals surface area contributed by atoms with Gasteiger partial charge in [0.2, 0.25) is 5.91 Å². The zero-order valence-corrected chi connectivity index (χ0v) is 26.8. The van der Waals surface area contributed by atoms with Crippen LogP contribution in [-0.2, 0) is 28.6 Å². The zero-order chi connectivity index (χ0) is 33.1. The Morgan fingerprint density at radius 2 is 1.80 bits per heavy atom. The molecule has 0 aromatic heterocycles. The van der Waals surface area contributed by atoms with Crippen LogP contribution >= 0.6 is 11.6 Å². The Bertz CT molecular complexity index is 1640. The van der Waals surface area contributed by atoms with Crippen LogP contribution in [0.25, 0.3) is 0 Å². The monoisotopic (exact) mass is 638 g/mol. The fourth-order valence-electron chi connectivity index (χ4n) is 5.19. The van der Waals surface area contributed by atoms with E-state index in [0.717, 1.165) is 35.9 Å². The summed E-state index contributed by atoms with van der Waals surface area (Å²) in [4.78, 5) is 52.8. The summed E-state index contributed by atoms with van der Waals surface area (Å²) in [7, 11) is 1.12. The second-order valence-corrected chi connectivity index (χ2v) is 12.2. The van der Waals surface area contributed by atoms with Crippen molar-refractivity contribution in [3.8, 4) is 0 Å². The van der Waals surface area contributed by atoms with E-state index in [2.05, 4.69) is 10.1 Å². The Kier molecular flexibility index (Phi) is 10.3. The highest BCUT2D eigenvalue weighted by Crippen LogP contribution is 2.42. The van der Waals surface area contributed by atoms with Crippen LogP contribution in [0.3, 0.4) is 0 Å². The number of carbonyl (C=O) groups excluding carboxylic acids is 4. The van der Waals surface area contributed by atoms with Crippen molar-refractivity contribution in [1.82, 2.24) is 0 Å². The molecular formula is C34H36ClFN2O7. The summed E-state index contributed by atoms with van der Waals surface area (Å²) in [5, 5.41) is 3.07. The Balaban J connectivity index is 1.76. The summed E-state index contributed by atoms with van der Waals surface area (Å²) in [5.41, 5.74) is 3.08. The van der Waals surface area contributed by atoms with Gasteiger partial charge in [-0.3, -0.25) is 14.4 Å². The van der Waals surface area contributed by atoms with E-state index in [1.807, 2.05) is 45.9 Å². The second-order valence-electron chi connectivity index (χ2n) is 11.8. The van der Waals surface area contributed by atoms with Gasteiger partial charge in [0, 0.05) is 40.8 Å². The van der Waals surface area contributed by atoms with Gasteiger partial charge in [-0.2, -0.15) is 0 Å². The van der Waals surface area contributed by atoms with Gasteiger partial charge in [0.05, 0.1) is 25.7 Å². The predicted molar refractivity (Wildman–Crippen MR) is 168 cm³/mol. The molecule has 2 atom stereocenters. The molecule has 0 unspecified atom stereocenters. The summed E-state index contributed by atoms with van der Waals surface area (Å²) >= 11 is 6.48. The van der Waals surface area contributed by atoms with E-state index in [4.69, 9.17) is 21.1 Å². The van der Waals surface area contributed by atoms with E-state index < -0.39 is 53.6 Å². The Hall–Kier alpha value is -4.28. The number of hydrogen-bond acceptors (Lipinski definition) is 7. The zero-order valence-electron chi connectivity index (χ0n) is 26.0. The SMILES string of the molecule is COC(=O)c1cc(NC(=O)C[C@H]2O[C@@H](c3cccc(C)c3C)c3cc(Cl)ccc3N(CC(C)(C)COC(C)=O)C2=O)ccc1F. The molecule has 0 bridgehead atoms. The molecule has 0 aliphatic carbocycles. The van der Waals surface area contributed by atoms with Gasteiger partial charge in [0.25, 0.3) is 5.91 Å². The van der Waals surface area contributed by atoms with Crippen LogP contribution in [0.5, 0.6) is 0 Å². The Morgan fingerprint density at radius 3 is 2.49 bits per heavy atom. The third-order valence-electron chi connectivity index (χ3n) is 7.61. The summed E-state index contributed by atoms with van der Waals surface area (Å²) < 4.78 is 30.6. The van der Waals surface area contributed by atoms with Gasteiger partial charge < -0.3 is 24.4 Å². The first-order valence-electron chi connectivity index (χ1n) is 14.3. The first-order chi connectivity index (χ1) is 21.2. The molecule has 0 saturated carbocycles. The highest BCUT2D eigenvalue weighted by molar-refractivity contribution is 6.30. The van der Waals surface area contributed by atoms with E-state index in [9.17, 15) is 23.6 Å². The van der Waals surface area contributed by atoms with Crippen molar-refractivity contribution in [3.05, 3.63) is 93.3 Å². The first-order valence-corrected chi connectivity index (χ1v) is 14.7. The number of aryl methyl sites for hydroxylation is 1. The quantitative estimate of drug-likeness (QED) is 0.273. The van der Waals surface area contributed by atoms with Gasteiger partial charge in [0.1, 0.15) is 18.0 Å². The highest BCUT2D eigenvalue weighted by Gasteiger charge is 2.40. The summed E-state index contributed by atoms with van der Waals surface area (Å²) in [6.07, 6.45) is -2.42. The van der Waals surface area contributed by atoms with Crippen LogP contribution in [-0.4, -0.2) is 50.1 Å². The maximum atomic E-state index is 14.3. The summed E-state index contributed by atoms with van der Waals surface area (Å²) in [6, 6.07) is 14.5. The van der Waals surface area contributed by atoms with E-state index in [1.54, 1.807) is 23.1 Å². The maximum Gasteiger partial charge on any atom is 0.340 e. The highest BCUT2D eigenvalue weighted by atomic mass is 35.5. The van der Waals surface area contributed by atoms with Crippen LogP contribution < -0.4 is 10.2 Å². The molecule has 1 heterocycles. The second kappa shape index (κ2) is 13.8. The van der Waals surface area contributed by atoms with Crippen LogP contribution in [0.2, 0.25) is 5.02 Å². The van der Waals surface area contributed by atoms with Gasteiger partial charge in [-0.25, -0.2) is 9.18 Å². The normalized spacial score (nSPS) is 16.4. The minimum atomic E-state index is -1.26. The topological polar surface area (TPSA) is 111 Å². The van der Waals surface area contributed by atoms with Gasteiger partial charge in [-0.15, -0.1) is 0 Å². The van der Waals surface area contributed by atoms with Crippen molar-refractivity contribution < 1.29 is 37.8 Å². The van der Waals surface area contributed by atoms with Crippen LogP contribution in [0, 0.1) is 25.1 Å². The Morgan fingerprint density at radius 1 is 1.07 bits per heavy atom. The number of methoxy groups -OCH3 is 1. The molecule has 1 aliphatic heterocycles. The molecule has 0 fully saturated rings. The number of carbonyl (C=O) groups is 4. The van der Waals surface area contributed by atoms with Crippen LogP contribution in [0.15, 0.2) is 54.6 Å². The lowest BCUT2D eigenvalue weighted by Gasteiger charge is -2.33. The molecule has 3 aromatic rings. The molecule has 0 saturated heterocycles. The van der Waals surface area contributed by atoms with Crippen molar-refractivity contribution in [1.29, 1.82) is 0 Å². The largest absolute Gasteiger partial charge is 0.465 e. The van der Waals surface area contributed by atoms with E-state index in [1.165, 1.54) is 13.0 Å². The van der Waals surface area contributed by atoms with Gasteiger partial charge >= 0.3 is 11.9 Å². The third-order valence-corrected chi connectivity index (χ3v) is 7.85. The molecule has 2 amide bonds. The lowest BCUT2D eigenvalue weighted by atomic mass is 9.91. The summed E-state index contributed by atoms with van der Waals surface area (Å²) in [5.74, 6) is -3.22. The minimum Gasteiger partial charge on any atom is -0.465 e. The van der Waals surface area contributed by atoms with E-state index in [0.29, 0.717) is 16.3 Å². The molecule has 4 rings (SSSR count). The van der Waals surface area contributed by atoms with E-state index >= 15 is 0 Å². The van der Waals surface area contributed by atoms with Crippen molar-refractivity contribution in [3.63, 3.8) is 0 Å². The molecule has 11 heteroatoms. The van der Waals surface area contributed by atoms with Crippen LogP contribution in [0.4, 0.5) is 15.8 Å². The molecule has 238 valence electrons. The average Bonchev–Trinajstić information content (AvgIpc) is 3.08. The lowest BCUT2D eigenvalue weighted by Crippen LogP contribution is -2.46. The Labute approximate surface area is 266 Å². The summed E-state index contributed by atoms with van der Waals surface area (Å²) in [6.45, 7) is 9.16. The fourth-order valence-corrected chi connectivity index (χ4v) is 5.37. The van der Waals surface area contributed by atoms with Crippen molar-refractivity contribution in [2.24, 2.45) is 5.41 Å². The standard InChI is InChI=1S/C34H36ClFN2O7/c1-19-8-7-9-24(20(19)2)31-26-14-22(35)10-13-28(26)38(17-34(4,5)18-44-21(3)39)32(41)29(45-31)16-30(40)37-23-11-12-27(36)25(15-23)33(42)43-6/h7-15,29,31H,16-18H2,1-6H3,(H,37,40)/t29-,31+/m1/s1. The number of esters is 2. The van der Waals surface area contributed by atoms with Crippen LogP contribution in [0.1, 0.15) is 65.9 Å². The fraction of sp³-hybridized carbons (Fsp3) is 0.353. The number of benzene rings is 3. The minimum absolute atomic E-state index is 0.0502. The predicted octanol–water partition coefficient (Wildman–Crippen LogP) is 6.32. The number of hydrogen-bond donors (Lipinski definition) is 1. The molecule has 3 aromatic carbocycles. The van der Waals surface area contributed by atoms with E-state index in [-0.39, 0.29) is 24.4 Å². The number of anilines is 2. The van der Waals surface area contributed by atoms with Crippen molar-refractivity contribution in [2.75, 3.05) is 30.5 Å². The molecule has 1 N–H and O–H groups in total. The van der Waals surface area contributed by atoms with Gasteiger partial charge in [-0.1, -0.05) is 43.6 Å². The van der Waals surface area contributed by atoms with Gasteiger partial charge in [0.15, 0.2) is 0 Å². The molecule has 9 nitrogen and oxygen atoms in total. The molecule has 1 aliphatic rings. The third kappa shape index (κ3) is 7.87. The smallest absolute Gasteiger partial charge is 0.340 e. The number of fused-ring (bicyclic) bond motifs is 1. The number of amides is 2. The number of nitrogens with zero attached hydrogens (tertiary/aromatic N) is 1. The molecule has 0 spiro atoms. The number of rotatable bonds is 9. The molecule has 45 heavy (non-hydrogen) atoms. The lowest BCUT2D eigenvalue weighted by molar-refractivity contribution is -0.144. The molecular weight excluding hydrogens is 603 g/mol. The maximum absolute atomic E-state index is 14.3. The van der Waals surface area contributed by atoms with Crippen molar-refractivity contribution >= 4 is 46.7 Å². The first kappa shape index (κ1) is 33.6. The average molecular weight is 639 g/mol.